The van der Waals surface area contributed by atoms with Gasteiger partial charge in [0.2, 0.25) is 0 Å². The molecule has 1 atom stereocenters. The normalized spacial score (nSPS) is 13.8. The van der Waals surface area contributed by atoms with Crippen LogP contribution in [0.25, 0.3) is 0 Å². The highest BCUT2D eigenvalue weighted by Crippen LogP contribution is 1.98. The Hall–Kier alpha value is -0.120. The summed E-state index contributed by atoms with van der Waals surface area (Å²) in [4.78, 5) is 2.31. The number of hydrogen-bond acceptors (Lipinski definition) is 3. The molecule has 12 heavy (non-hydrogen) atoms. The molecule has 0 aromatic heterocycles. The molecule has 0 aromatic rings. The molecule has 0 aliphatic heterocycles. The van der Waals surface area contributed by atoms with E-state index in [1.54, 1.807) is 0 Å². The van der Waals surface area contributed by atoms with E-state index < -0.39 is 0 Å². The highest BCUT2D eigenvalue weighted by Gasteiger charge is 2.05. The van der Waals surface area contributed by atoms with Gasteiger partial charge in [0.25, 0.3) is 0 Å². The maximum atomic E-state index is 9.38. The summed E-state index contributed by atoms with van der Waals surface area (Å²) in [5.41, 5.74) is 5.33. The van der Waals surface area contributed by atoms with Crippen LogP contribution >= 0.6 is 0 Å². The number of nitrogens with zero attached hydrogens (tertiary/aromatic N) is 1. The van der Waals surface area contributed by atoms with Crippen molar-refractivity contribution in [2.75, 3.05) is 26.2 Å². The minimum atomic E-state index is -0.212. The Balaban J connectivity index is 3.37. The van der Waals surface area contributed by atoms with E-state index in [4.69, 9.17) is 5.73 Å². The molecule has 0 spiro atoms. The maximum absolute atomic E-state index is 9.38. The topological polar surface area (TPSA) is 49.5 Å². The third-order valence-electron chi connectivity index (χ3n) is 2.17. The Labute approximate surface area is 75.6 Å². The van der Waals surface area contributed by atoms with E-state index in [1.165, 1.54) is 0 Å². The fourth-order valence-electron chi connectivity index (χ4n) is 1.21. The SMILES string of the molecule is CCN(CC)CCC(O)CCN. The van der Waals surface area contributed by atoms with E-state index >= 15 is 0 Å². The lowest BCUT2D eigenvalue weighted by atomic mass is 10.2. The standard InChI is InChI=1S/C9H22N2O/c1-3-11(4-2)8-6-9(12)5-7-10/h9,12H,3-8,10H2,1-2H3. The predicted octanol–water partition coefficient (Wildman–Crippen LogP) is 0.428. The third-order valence-corrected chi connectivity index (χ3v) is 2.17. The van der Waals surface area contributed by atoms with Crippen LogP contribution in [0.4, 0.5) is 0 Å². The second-order valence-corrected chi connectivity index (χ2v) is 3.05. The fourth-order valence-corrected chi connectivity index (χ4v) is 1.21. The highest BCUT2D eigenvalue weighted by atomic mass is 16.3. The average Bonchev–Trinajstić information content (AvgIpc) is 2.07. The van der Waals surface area contributed by atoms with Crippen LogP contribution in [-0.4, -0.2) is 42.3 Å². The monoisotopic (exact) mass is 174 g/mol. The minimum absolute atomic E-state index is 0.212. The van der Waals surface area contributed by atoms with Crippen molar-refractivity contribution in [3.05, 3.63) is 0 Å². The van der Waals surface area contributed by atoms with Crippen LogP contribution < -0.4 is 5.73 Å². The molecule has 3 heteroatoms. The van der Waals surface area contributed by atoms with E-state index in [0.717, 1.165) is 32.5 Å². The highest BCUT2D eigenvalue weighted by molar-refractivity contribution is 4.60. The average molecular weight is 174 g/mol. The van der Waals surface area contributed by atoms with Crippen molar-refractivity contribution in [2.45, 2.75) is 32.8 Å². The van der Waals surface area contributed by atoms with Gasteiger partial charge in [-0.25, -0.2) is 0 Å². The van der Waals surface area contributed by atoms with Gasteiger partial charge in [0, 0.05) is 6.54 Å². The second-order valence-electron chi connectivity index (χ2n) is 3.05. The van der Waals surface area contributed by atoms with E-state index in [0.29, 0.717) is 6.54 Å². The summed E-state index contributed by atoms with van der Waals surface area (Å²) in [6.07, 6.45) is 1.36. The first-order valence-electron chi connectivity index (χ1n) is 4.85. The lowest BCUT2D eigenvalue weighted by Gasteiger charge is -2.19. The van der Waals surface area contributed by atoms with Gasteiger partial charge in [-0.2, -0.15) is 0 Å². The van der Waals surface area contributed by atoms with Crippen LogP contribution in [0.2, 0.25) is 0 Å². The molecule has 0 heterocycles. The molecular weight excluding hydrogens is 152 g/mol. The van der Waals surface area contributed by atoms with Crippen LogP contribution in [0.5, 0.6) is 0 Å². The molecule has 0 aliphatic carbocycles. The Kier molecular flexibility index (Phi) is 7.45. The van der Waals surface area contributed by atoms with Crippen molar-refractivity contribution in [1.29, 1.82) is 0 Å². The first-order chi connectivity index (χ1) is 5.74. The summed E-state index contributed by atoms with van der Waals surface area (Å²) in [6.45, 7) is 7.96. The van der Waals surface area contributed by atoms with E-state index in [-0.39, 0.29) is 6.10 Å². The Morgan fingerprint density at radius 2 is 1.83 bits per heavy atom. The number of aliphatic hydroxyl groups is 1. The zero-order chi connectivity index (χ0) is 9.40. The summed E-state index contributed by atoms with van der Waals surface area (Å²) in [7, 11) is 0. The lowest BCUT2D eigenvalue weighted by Crippen LogP contribution is -2.27. The quantitative estimate of drug-likeness (QED) is 0.588. The molecular formula is C9H22N2O. The van der Waals surface area contributed by atoms with Gasteiger partial charge in [0.05, 0.1) is 6.10 Å². The van der Waals surface area contributed by atoms with Crippen LogP contribution in [0.1, 0.15) is 26.7 Å². The maximum Gasteiger partial charge on any atom is 0.0564 e. The Morgan fingerprint density at radius 3 is 2.25 bits per heavy atom. The second kappa shape index (κ2) is 7.53. The minimum Gasteiger partial charge on any atom is -0.393 e. The summed E-state index contributed by atoms with van der Waals surface area (Å²) in [5.74, 6) is 0. The van der Waals surface area contributed by atoms with Gasteiger partial charge < -0.3 is 15.7 Å². The molecule has 0 fully saturated rings. The van der Waals surface area contributed by atoms with E-state index in [9.17, 15) is 5.11 Å². The van der Waals surface area contributed by atoms with Crippen LogP contribution in [0, 0.1) is 0 Å². The van der Waals surface area contributed by atoms with Crippen molar-refractivity contribution < 1.29 is 5.11 Å². The molecule has 1 unspecified atom stereocenters. The Morgan fingerprint density at radius 1 is 1.25 bits per heavy atom. The van der Waals surface area contributed by atoms with Gasteiger partial charge in [-0.05, 0) is 32.5 Å². The van der Waals surface area contributed by atoms with Crippen LogP contribution in [0.3, 0.4) is 0 Å². The number of rotatable bonds is 7. The summed E-state index contributed by atoms with van der Waals surface area (Å²) >= 11 is 0. The van der Waals surface area contributed by atoms with Gasteiger partial charge in [-0.3, -0.25) is 0 Å². The zero-order valence-electron chi connectivity index (χ0n) is 8.29. The van der Waals surface area contributed by atoms with Gasteiger partial charge >= 0.3 is 0 Å². The number of nitrogens with two attached hydrogens (primary N) is 1. The molecule has 0 rings (SSSR count). The first kappa shape index (κ1) is 11.9. The molecule has 0 saturated carbocycles. The van der Waals surface area contributed by atoms with Crippen LogP contribution in [0.15, 0.2) is 0 Å². The predicted molar refractivity (Wildman–Crippen MR) is 52.1 cm³/mol. The van der Waals surface area contributed by atoms with Crippen LogP contribution in [-0.2, 0) is 0 Å². The Bertz CT molecular complexity index is 94.5. The molecule has 0 saturated heterocycles. The first-order valence-corrected chi connectivity index (χ1v) is 4.85. The molecule has 3 nitrogen and oxygen atoms in total. The van der Waals surface area contributed by atoms with Gasteiger partial charge in [-0.15, -0.1) is 0 Å². The number of aliphatic hydroxyl groups excluding tert-OH is 1. The lowest BCUT2D eigenvalue weighted by molar-refractivity contribution is 0.137. The zero-order valence-corrected chi connectivity index (χ0v) is 8.29. The van der Waals surface area contributed by atoms with Crippen molar-refractivity contribution in [3.8, 4) is 0 Å². The van der Waals surface area contributed by atoms with Crippen molar-refractivity contribution >= 4 is 0 Å². The fraction of sp³-hybridized carbons (Fsp3) is 1.00. The molecule has 0 bridgehead atoms. The van der Waals surface area contributed by atoms with Crippen molar-refractivity contribution in [1.82, 2.24) is 4.90 Å². The molecule has 74 valence electrons. The molecule has 0 radical (unpaired) electrons. The number of hydrogen-bond donors (Lipinski definition) is 2. The third kappa shape index (κ3) is 5.52. The molecule has 0 amide bonds. The molecule has 3 N–H and O–H groups in total. The van der Waals surface area contributed by atoms with Gasteiger partial charge in [0.15, 0.2) is 0 Å². The van der Waals surface area contributed by atoms with E-state index in [1.807, 2.05) is 0 Å². The summed E-state index contributed by atoms with van der Waals surface area (Å²) in [6, 6.07) is 0. The summed E-state index contributed by atoms with van der Waals surface area (Å²) < 4.78 is 0. The largest absolute Gasteiger partial charge is 0.393 e. The van der Waals surface area contributed by atoms with Gasteiger partial charge in [-0.1, -0.05) is 13.8 Å². The smallest absolute Gasteiger partial charge is 0.0564 e. The van der Waals surface area contributed by atoms with Crippen molar-refractivity contribution in [2.24, 2.45) is 5.73 Å². The molecule has 0 aliphatic rings. The summed E-state index contributed by atoms with van der Waals surface area (Å²) in [5, 5.41) is 9.38. The molecule has 0 aromatic carbocycles. The van der Waals surface area contributed by atoms with E-state index in [2.05, 4.69) is 18.7 Å². The van der Waals surface area contributed by atoms with Gasteiger partial charge in [0.1, 0.15) is 0 Å². The van der Waals surface area contributed by atoms with Crippen molar-refractivity contribution in [3.63, 3.8) is 0 Å².